The lowest BCUT2D eigenvalue weighted by Gasteiger charge is -2.27. The molecule has 0 N–H and O–H groups in total. The normalized spacial score (nSPS) is 22.6. The van der Waals surface area contributed by atoms with Crippen LogP contribution in [0.4, 0.5) is 0 Å². The first-order valence-electron chi connectivity index (χ1n) is 6.88. The number of halogens is 1. The number of benzene rings is 1. The molecular formula is C15H19ClN2O2. The van der Waals surface area contributed by atoms with Gasteiger partial charge in [-0.25, -0.2) is 4.98 Å². The van der Waals surface area contributed by atoms with Crippen LogP contribution in [0.15, 0.2) is 18.2 Å². The van der Waals surface area contributed by atoms with Gasteiger partial charge in [0.25, 0.3) is 0 Å². The van der Waals surface area contributed by atoms with Crippen LogP contribution in [-0.2, 0) is 16.7 Å². The van der Waals surface area contributed by atoms with Gasteiger partial charge >= 0.3 is 0 Å². The molecule has 108 valence electrons. The maximum Gasteiger partial charge on any atom is 0.146 e. The van der Waals surface area contributed by atoms with Crippen molar-refractivity contribution in [3.05, 3.63) is 24.0 Å². The summed E-state index contributed by atoms with van der Waals surface area (Å²) in [5, 5.41) is 0. The number of aromatic nitrogens is 2. The van der Waals surface area contributed by atoms with Crippen molar-refractivity contribution in [1.29, 1.82) is 0 Å². The summed E-state index contributed by atoms with van der Waals surface area (Å²) in [4.78, 5) is 4.76. The molecule has 0 spiro atoms. The second-order valence-electron chi connectivity index (χ2n) is 5.43. The van der Waals surface area contributed by atoms with Crippen LogP contribution in [0.5, 0.6) is 5.75 Å². The van der Waals surface area contributed by atoms with Crippen molar-refractivity contribution in [2.75, 3.05) is 26.2 Å². The molecule has 1 aromatic heterocycles. The lowest BCUT2D eigenvalue weighted by molar-refractivity contribution is 0.162. The predicted molar refractivity (Wildman–Crippen MR) is 79.8 cm³/mol. The van der Waals surface area contributed by atoms with Crippen LogP contribution in [-0.4, -0.2) is 35.8 Å². The van der Waals surface area contributed by atoms with Gasteiger partial charge in [-0.1, -0.05) is 6.07 Å². The van der Waals surface area contributed by atoms with Gasteiger partial charge in [-0.2, -0.15) is 0 Å². The maximum atomic E-state index is 5.95. The van der Waals surface area contributed by atoms with E-state index in [0.29, 0.717) is 12.5 Å². The van der Waals surface area contributed by atoms with E-state index in [1.54, 1.807) is 7.11 Å². The van der Waals surface area contributed by atoms with Gasteiger partial charge in [-0.05, 0) is 25.5 Å². The van der Waals surface area contributed by atoms with Crippen molar-refractivity contribution in [2.24, 2.45) is 0 Å². The summed E-state index contributed by atoms with van der Waals surface area (Å²) in [6.45, 7) is 3.73. The van der Waals surface area contributed by atoms with Gasteiger partial charge in [0.1, 0.15) is 17.1 Å². The van der Waals surface area contributed by atoms with Crippen LogP contribution in [0.3, 0.4) is 0 Å². The first-order valence-corrected chi connectivity index (χ1v) is 7.41. The minimum Gasteiger partial charge on any atom is -0.494 e. The highest BCUT2D eigenvalue weighted by Crippen LogP contribution is 2.35. The number of para-hydroxylation sites is 1. The molecule has 1 unspecified atom stereocenters. The van der Waals surface area contributed by atoms with E-state index < -0.39 is 0 Å². The Balaban J connectivity index is 2.24. The molecule has 1 aliphatic heterocycles. The molecule has 1 aromatic carbocycles. The van der Waals surface area contributed by atoms with Crippen molar-refractivity contribution in [1.82, 2.24) is 9.55 Å². The molecule has 2 aromatic rings. The van der Waals surface area contributed by atoms with E-state index in [0.717, 1.165) is 42.1 Å². The number of hydrogen-bond acceptors (Lipinski definition) is 3. The fourth-order valence-electron chi connectivity index (χ4n) is 2.97. The SMILES string of the molecule is COc1cccc2c1nc(CCCl)n2C1(C)CCOC1. The van der Waals surface area contributed by atoms with E-state index in [2.05, 4.69) is 17.6 Å². The zero-order valence-corrected chi connectivity index (χ0v) is 12.6. The van der Waals surface area contributed by atoms with Gasteiger partial charge in [0.05, 0.1) is 24.8 Å². The topological polar surface area (TPSA) is 36.3 Å². The van der Waals surface area contributed by atoms with Gasteiger partial charge in [-0.3, -0.25) is 0 Å². The van der Waals surface area contributed by atoms with E-state index in [1.807, 2.05) is 12.1 Å². The molecule has 0 amide bonds. The number of alkyl halides is 1. The number of methoxy groups -OCH3 is 1. The zero-order chi connectivity index (χ0) is 14.2. The molecule has 1 atom stereocenters. The van der Waals surface area contributed by atoms with E-state index in [-0.39, 0.29) is 5.54 Å². The summed E-state index contributed by atoms with van der Waals surface area (Å²) in [6.07, 6.45) is 1.74. The molecular weight excluding hydrogens is 276 g/mol. The zero-order valence-electron chi connectivity index (χ0n) is 11.9. The van der Waals surface area contributed by atoms with Gasteiger partial charge in [0.2, 0.25) is 0 Å². The van der Waals surface area contributed by atoms with Crippen LogP contribution < -0.4 is 4.74 Å². The third-order valence-electron chi connectivity index (χ3n) is 3.99. The molecule has 1 fully saturated rings. The Morgan fingerprint density at radius 3 is 3.00 bits per heavy atom. The number of ether oxygens (including phenoxy) is 2. The van der Waals surface area contributed by atoms with E-state index in [9.17, 15) is 0 Å². The lowest BCUT2D eigenvalue weighted by atomic mass is 10.0. The fraction of sp³-hybridized carbons (Fsp3) is 0.533. The molecule has 0 saturated carbocycles. The molecule has 3 rings (SSSR count). The quantitative estimate of drug-likeness (QED) is 0.814. The summed E-state index contributed by atoms with van der Waals surface area (Å²) in [7, 11) is 1.68. The largest absolute Gasteiger partial charge is 0.494 e. The monoisotopic (exact) mass is 294 g/mol. The number of nitrogens with zero attached hydrogens (tertiary/aromatic N) is 2. The van der Waals surface area contributed by atoms with Crippen molar-refractivity contribution in [3.8, 4) is 5.75 Å². The number of imidazole rings is 1. The minimum atomic E-state index is -0.0531. The summed E-state index contributed by atoms with van der Waals surface area (Å²) in [6, 6.07) is 6.03. The van der Waals surface area contributed by atoms with Crippen LogP contribution in [0, 0.1) is 0 Å². The number of hydrogen-bond donors (Lipinski definition) is 0. The molecule has 0 aliphatic carbocycles. The average Bonchev–Trinajstić information content (AvgIpc) is 3.03. The second kappa shape index (κ2) is 5.26. The summed E-state index contributed by atoms with van der Waals surface area (Å²) in [5.41, 5.74) is 1.95. The van der Waals surface area contributed by atoms with Crippen molar-refractivity contribution in [2.45, 2.75) is 25.3 Å². The number of rotatable bonds is 4. The van der Waals surface area contributed by atoms with Gasteiger partial charge in [0.15, 0.2) is 0 Å². The first kappa shape index (κ1) is 13.7. The van der Waals surface area contributed by atoms with Crippen LogP contribution in [0.25, 0.3) is 11.0 Å². The Labute approximate surface area is 123 Å². The minimum absolute atomic E-state index is 0.0531. The molecule has 4 nitrogen and oxygen atoms in total. The van der Waals surface area contributed by atoms with Gasteiger partial charge in [-0.15, -0.1) is 11.6 Å². The van der Waals surface area contributed by atoms with Crippen molar-refractivity contribution < 1.29 is 9.47 Å². The van der Waals surface area contributed by atoms with Crippen LogP contribution >= 0.6 is 11.6 Å². The molecule has 5 heteroatoms. The maximum absolute atomic E-state index is 5.95. The molecule has 2 heterocycles. The van der Waals surface area contributed by atoms with Gasteiger partial charge < -0.3 is 14.0 Å². The van der Waals surface area contributed by atoms with E-state index >= 15 is 0 Å². The molecule has 20 heavy (non-hydrogen) atoms. The molecule has 0 radical (unpaired) electrons. The first-order chi connectivity index (χ1) is 9.69. The van der Waals surface area contributed by atoms with Crippen molar-refractivity contribution >= 4 is 22.6 Å². The molecule has 1 aliphatic rings. The Bertz CT molecular complexity index is 618. The molecule has 1 saturated heterocycles. The summed E-state index contributed by atoms with van der Waals surface area (Å²) >= 11 is 5.95. The Hall–Kier alpha value is -1.26. The third-order valence-corrected chi connectivity index (χ3v) is 4.18. The highest BCUT2D eigenvalue weighted by Gasteiger charge is 2.35. The second-order valence-corrected chi connectivity index (χ2v) is 5.81. The smallest absolute Gasteiger partial charge is 0.146 e. The highest BCUT2D eigenvalue weighted by atomic mass is 35.5. The summed E-state index contributed by atoms with van der Waals surface area (Å²) < 4.78 is 13.3. The molecule has 0 bridgehead atoms. The lowest BCUT2D eigenvalue weighted by Crippen LogP contribution is -2.32. The number of aryl methyl sites for hydroxylation is 1. The average molecular weight is 295 g/mol. The van der Waals surface area contributed by atoms with E-state index in [1.165, 1.54) is 0 Å². The Kier molecular flexibility index (Phi) is 3.61. The fourth-order valence-corrected chi connectivity index (χ4v) is 3.14. The third kappa shape index (κ3) is 2.07. The number of fused-ring (bicyclic) bond motifs is 1. The van der Waals surface area contributed by atoms with Crippen molar-refractivity contribution in [3.63, 3.8) is 0 Å². The van der Waals surface area contributed by atoms with Crippen LogP contribution in [0.1, 0.15) is 19.2 Å². The van der Waals surface area contributed by atoms with E-state index in [4.69, 9.17) is 26.1 Å². The van der Waals surface area contributed by atoms with Crippen LogP contribution in [0.2, 0.25) is 0 Å². The Morgan fingerprint density at radius 1 is 1.50 bits per heavy atom. The summed E-state index contributed by atoms with van der Waals surface area (Å²) in [5.74, 6) is 2.37. The van der Waals surface area contributed by atoms with Gasteiger partial charge in [0, 0.05) is 18.9 Å². The Morgan fingerprint density at radius 2 is 2.35 bits per heavy atom. The highest BCUT2D eigenvalue weighted by molar-refractivity contribution is 6.17. The standard InChI is InChI=1S/C15H19ClN2O2/c1-15(7-9-20-10-15)18-11-4-3-5-12(19-2)14(11)17-13(18)6-8-16/h3-5H,6-10H2,1-2H3. The predicted octanol–water partition coefficient (Wildman–Crippen LogP) is 2.96.